The van der Waals surface area contributed by atoms with Crippen LogP contribution in [0.4, 0.5) is 0 Å². The lowest BCUT2D eigenvalue weighted by Crippen LogP contribution is -2.32. The lowest BCUT2D eigenvalue weighted by molar-refractivity contribution is 0.197. The van der Waals surface area contributed by atoms with E-state index in [4.69, 9.17) is 11.2 Å². The van der Waals surface area contributed by atoms with E-state index in [1.807, 2.05) is 6.20 Å². The number of hydrogen-bond acceptors (Lipinski definition) is 2. The summed E-state index contributed by atoms with van der Waals surface area (Å²) < 4.78 is 5.61. The number of rotatable bonds is 3. The van der Waals surface area contributed by atoms with Crippen molar-refractivity contribution in [2.45, 2.75) is 26.3 Å². The lowest BCUT2D eigenvalue weighted by Gasteiger charge is -2.30. The number of aromatic nitrogens is 1. The number of fused-ring (bicyclic) bond motifs is 1. The van der Waals surface area contributed by atoms with Crippen LogP contribution >= 0.6 is 0 Å². The Morgan fingerprint density at radius 2 is 2.19 bits per heavy atom. The van der Waals surface area contributed by atoms with Crippen LogP contribution in [-0.2, 0) is 6.54 Å². The van der Waals surface area contributed by atoms with Crippen molar-refractivity contribution in [3.63, 3.8) is 0 Å². The molecule has 1 N–H and O–H groups in total. The van der Waals surface area contributed by atoms with Gasteiger partial charge in [0.25, 0.3) is 0 Å². The molecule has 0 atom stereocenters. The molecule has 1 aromatic heterocycles. The number of benzene rings is 1. The fraction of sp³-hybridized carbons (Fsp3) is 0.444. The van der Waals surface area contributed by atoms with Crippen molar-refractivity contribution in [3.05, 3.63) is 29.5 Å². The third-order valence-electron chi connectivity index (χ3n) is 4.54. The first-order valence-corrected chi connectivity index (χ1v) is 7.55. The van der Waals surface area contributed by atoms with Crippen molar-refractivity contribution in [2.75, 3.05) is 20.2 Å². The predicted octanol–water partition coefficient (Wildman–Crippen LogP) is 3.33. The fourth-order valence-corrected chi connectivity index (χ4v) is 3.26. The normalized spacial score (nSPS) is 17.0. The maximum Gasteiger partial charge on any atom is 0.124 e. The second kappa shape index (κ2) is 5.83. The van der Waals surface area contributed by atoms with E-state index in [1.165, 1.54) is 22.0 Å². The molecule has 3 heteroatoms. The number of methoxy groups -OCH3 is 1. The SMILES string of the molecule is C#CC1CCN(Cc2c(OC)cc(C)c3[nH]ccc23)CC1. The van der Waals surface area contributed by atoms with Gasteiger partial charge in [0.05, 0.1) is 7.11 Å². The van der Waals surface area contributed by atoms with Crippen LogP contribution in [0.3, 0.4) is 0 Å². The Hall–Kier alpha value is -1.92. The second-order valence-electron chi connectivity index (χ2n) is 5.86. The van der Waals surface area contributed by atoms with Crippen LogP contribution in [0.5, 0.6) is 5.75 Å². The van der Waals surface area contributed by atoms with Crippen molar-refractivity contribution >= 4 is 10.9 Å². The average molecular weight is 282 g/mol. The smallest absolute Gasteiger partial charge is 0.124 e. The molecule has 0 saturated carbocycles. The molecule has 3 nitrogen and oxygen atoms in total. The fourth-order valence-electron chi connectivity index (χ4n) is 3.26. The van der Waals surface area contributed by atoms with Gasteiger partial charge in [-0.2, -0.15) is 0 Å². The summed E-state index contributed by atoms with van der Waals surface area (Å²) in [7, 11) is 1.75. The number of aromatic amines is 1. The van der Waals surface area contributed by atoms with E-state index in [2.05, 4.69) is 34.9 Å². The molecule has 2 heterocycles. The Morgan fingerprint density at radius 1 is 1.43 bits per heavy atom. The molecule has 0 spiro atoms. The number of ether oxygens (including phenoxy) is 1. The molecule has 0 unspecified atom stereocenters. The zero-order chi connectivity index (χ0) is 14.8. The zero-order valence-electron chi connectivity index (χ0n) is 12.8. The largest absolute Gasteiger partial charge is 0.496 e. The van der Waals surface area contributed by atoms with Gasteiger partial charge in [0.2, 0.25) is 0 Å². The third kappa shape index (κ3) is 2.64. The molecule has 1 aliphatic rings. The Morgan fingerprint density at radius 3 is 2.86 bits per heavy atom. The molecule has 1 fully saturated rings. The Bertz CT molecular complexity index is 672. The molecule has 3 rings (SSSR count). The molecular formula is C18H22N2O. The summed E-state index contributed by atoms with van der Waals surface area (Å²) in [6.07, 6.45) is 9.73. The summed E-state index contributed by atoms with van der Waals surface area (Å²) in [5.74, 6) is 4.32. The third-order valence-corrected chi connectivity index (χ3v) is 4.54. The van der Waals surface area contributed by atoms with E-state index in [-0.39, 0.29) is 0 Å². The summed E-state index contributed by atoms with van der Waals surface area (Å²) in [6, 6.07) is 4.27. The first kappa shape index (κ1) is 14.0. The van der Waals surface area contributed by atoms with Gasteiger partial charge in [-0.05, 0) is 50.6 Å². The minimum absolute atomic E-state index is 0.452. The van der Waals surface area contributed by atoms with Crippen LogP contribution in [0.2, 0.25) is 0 Å². The lowest BCUT2D eigenvalue weighted by atomic mass is 9.97. The minimum atomic E-state index is 0.452. The Kier molecular flexibility index (Phi) is 3.90. The maximum atomic E-state index is 5.61. The Labute approximate surface area is 126 Å². The molecule has 0 aliphatic carbocycles. The van der Waals surface area contributed by atoms with Crippen molar-refractivity contribution in [1.29, 1.82) is 0 Å². The number of nitrogens with zero attached hydrogens (tertiary/aromatic N) is 1. The molecule has 2 aromatic rings. The van der Waals surface area contributed by atoms with Crippen molar-refractivity contribution in [1.82, 2.24) is 9.88 Å². The summed E-state index contributed by atoms with van der Waals surface area (Å²) in [5, 5.41) is 1.27. The first-order chi connectivity index (χ1) is 10.2. The van der Waals surface area contributed by atoms with Crippen LogP contribution in [0, 0.1) is 25.2 Å². The van der Waals surface area contributed by atoms with Gasteiger partial charge in [-0.15, -0.1) is 12.3 Å². The number of likely N-dealkylation sites (tertiary alicyclic amines) is 1. The quantitative estimate of drug-likeness (QED) is 0.875. The molecule has 1 aliphatic heterocycles. The highest BCUT2D eigenvalue weighted by Gasteiger charge is 2.20. The predicted molar refractivity (Wildman–Crippen MR) is 86.4 cm³/mol. The summed E-state index contributed by atoms with van der Waals surface area (Å²) >= 11 is 0. The second-order valence-corrected chi connectivity index (χ2v) is 5.86. The number of hydrogen-bond donors (Lipinski definition) is 1. The van der Waals surface area contributed by atoms with Crippen LogP contribution in [0.1, 0.15) is 24.0 Å². The molecule has 110 valence electrons. The van der Waals surface area contributed by atoms with Gasteiger partial charge in [-0.25, -0.2) is 0 Å². The van der Waals surface area contributed by atoms with Crippen LogP contribution in [-0.4, -0.2) is 30.1 Å². The van der Waals surface area contributed by atoms with Gasteiger partial charge < -0.3 is 9.72 Å². The van der Waals surface area contributed by atoms with E-state index in [0.717, 1.165) is 38.2 Å². The van der Waals surface area contributed by atoms with Crippen LogP contribution in [0.15, 0.2) is 18.3 Å². The highest BCUT2D eigenvalue weighted by atomic mass is 16.5. The molecule has 0 bridgehead atoms. The monoisotopic (exact) mass is 282 g/mol. The maximum absolute atomic E-state index is 5.61. The zero-order valence-corrected chi connectivity index (χ0v) is 12.8. The van der Waals surface area contributed by atoms with E-state index in [9.17, 15) is 0 Å². The number of terminal acetylenes is 1. The molecule has 0 radical (unpaired) electrons. The van der Waals surface area contributed by atoms with Crippen molar-refractivity contribution in [2.24, 2.45) is 5.92 Å². The van der Waals surface area contributed by atoms with Crippen molar-refractivity contribution in [3.8, 4) is 18.1 Å². The molecule has 1 saturated heterocycles. The molecular weight excluding hydrogens is 260 g/mol. The highest BCUT2D eigenvalue weighted by Crippen LogP contribution is 2.32. The first-order valence-electron chi connectivity index (χ1n) is 7.55. The summed E-state index contributed by atoms with van der Waals surface area (Å²) in [6.45, 7) is 5.17. The van der Waals surface area contributed by atoms with E-state index in [1.54, 1.807) is 7.11 Å². The summed E-state index contributed by atoms with van der Waals surface area (Å²) in [5.41, 5.74) is 3.71. The molecule has 21 heavy (non-hydrogen) atoms. The number of aryl methyl sites for hydroxylation is 1. The van der Waals surface area contributed by atoms with E-state index in [0.29, 0.717) is 5.92 Å². The average Bonchev–Trinajstić information content (AvgIpc) is 3.00. The topological polar surface area (TPSA) is 28.3 Å². The molecule has 1 aromatic carbocycles. The van der Waals surface area contributed by atoms with Gasteiger partial charge in [0.15, 0.2) is 0 Å². The van der Waals surface area contributed by atoms with E-state index < -0.39 is 0 Å². The van der Waals surface area contributed by atoms with Gasteiger partial charge in [-0.3, -0.25) is 4.90 Å². The molecule has 0 amide bonds. The summed E-state index contributed by atoms with van der Waals surface area (Å²) in [4.78, 5) is 5.81. The van der Waals surface area contributed by atoms with Gasteiger partial charge >= 0.3 is 0 Å². The van der Waals surface area contributed by atoms with Gasteiger partial charge in [0.1, 0.15) is 5.75 Å². The highest BCUT2D eigenvalue weighted by molar-refractivity contribution is 5.88. The standard InChI is InChI=1S/C18H22N2O/c1-4-14-6-9-20(10-7-14)12-16-15-5-8-19-18(15)13(2)11-17(16)21-3/h1,5,8,11,14,19H,6-7,9-10,12H2,2-3H3. The van der Waals surface area contributed by atoms with Crippen molar-refractivity contribution < 1.29 is 4.74 Å². The number of nitrogens with one attached hydrogen (secondary N) is 1. The van der Waals surface area contributed by atoms with Gasteiger partial charge in [-0.1, -0.05) is 0 Å². The number of H-pyrrole nitrogens is 1. The minimum Gasteiger partial charge on any atom is -0.496 e. The van der Waals surface area contributed by atoms with Gasteiger partial charge in [0, 0.05) is 35.1 Å². The Balaban J connectivity index is 1.88. The number of piperidine rings is 1. The van der Waals surface area contributed by atoms with E-state index >= 15 is 0 Å². The van der Waals surface area contributed by atoms with Crippen LogP contribution in [0.25, 0.3) is 10.9 Å². The van der Waals surface area contributed by atoms with Crippen LogP contribution < -0.4 is 4.74 Å².